The van der Waals surface area contributed by atoms with E-state index < -0.39 is 112 Å². The van der Waals surface area contributed by atoms with Crippen LogP contribution in [0.25, 0.3) is 0 Å². The second kappa shape index (κ2) is 11.6. The monoisotopic (exact) mass is 504 g/mol. The predicted octanol–water partition coefficient (Wildman–Crippen LogP) is -7.57. The normalized spacial score (nSPS) is 52.5. The van der Waals surface area contributed by atoms with Crippen molar-refractivity contribution in [1.82, 2.24) is 0 Å². The Morgan fingerprint density at radius 3 is 1.47 bits per heavy atom. The molecule has 0 aromatic carbocycles. The van der Waals surface area contributed by atoms with Gasteiger partial charge in [0.1, 0.15) is 73.2 Å². The van der Waals surface area contributed by atoms with E-state index in [9.17, 15) is 56.2 Å². The second-order valence-corrected chi connectivity index (χ2v) is 8.33. The smallest absolute Gasteiger partial charge is 0.187 e. The third-order valence-electron chi connectivity index (χ3n) is 6.09. The number of aliphatic hydroxyl groups is 11. The number of hydrogen-bond donors (Lipinski definition) is 11. The first kappa shape index (κ1) is 27.9. The van der Waals surface area contributed by atoms with Gasteiger partial charge in [-0.2, -0.15) is 0 Å². The maximum absolute atomic E-state index is 10.6. The molecular formula is C18H32O16. The Morgan fingerprint density at radius 1 is 0.441 bits per heavy atom. The van der Waals surface area contributed by atoms with Gasteiger partial charge in [0.05, 0.1) is 19.8 Å². The van der Waals surface area contributed by atoms with Crippen LogP contribution in [0.4, 0.5) is 0 Å². The summed E-state index contributed by atoms with van der Waals surface area (Å²) in [6.45, 7) is -2.31. The minimum Gasteiger partial charge on any atom is -0.394 e. The lowest BCUT2D eigenvalue weighted by Gasteiger charge is -2.47. The molecule has 3 fully saturated rings. The second-order valence-electron chi connectivity index (χ2n) is 8.33. The molecule has 3 saturated heterocycles. The first-order chi connectivity index (χ1) is 16.0. The summed E-state index contributed by atoms with van der Waals surface area (Å²) in [5, 5.41) is 109. The molecule has 3 aliphatic rings. The molecule has 3 rings (SSSR count). The highest BCUT2D eigenvalue weighted by molar-refractivity contribution is 4.96. The van der Waals surface area contributed by atoms with Gasteiger partial charge >= 0.3 is 0 Å². The van der Waals surface area contributed by atoms with Gasteiger partial charge in [0.25, 0.3) is 0 Å². The van der Waals surface area contributed by atoms with Crippen molar-refractivity contribution in [1.29, 1.82) is 0 Å². The molecule has 15 atom stereocenters. The van der Waals surface area contributed by atoms with E-state index >= 15 is 0 Å². The zero-order valence-electron chi connectivity index (χ0n) is 17.7. The van der Waals surface area contributed by atoms with Crippen LogP contribution < -0.4 is 0 Å². The predicted molar refractivity (Wildman–Crippen MR) is 101 cm³/mol. The van der Waals surface area contributed by atoms with Gasteiger partial charge in [-0.15, -0.1) is 0 Å². The van der Waals surface area contributed by atoms with Crippen molar-refractivity contribution in [2.24, 2.45) is 0 Å². The number of hydrogen-bond acceptors (Lipinski definition) is 16. The Bertz CT molecular complexity index is 637. The summed E-state index contributed by atoms with van der Waals surface area (Å²) < 4.78 is 26.2. The third kappa shape index (κ3) is 5.37. The lowest BCUT2D eigenvalue weighted by atomic mass is 9.96. The Labute approximate surface area is 192 Å². The summed E-state index contributed by atoms with van der Waals surface area (Å²) in [4.78, 5) is 0. The highest BCUT2D eigenvalue weighted by atomic mass is 16.7. The highest BCUT2D eigenvalue weighted by Crippen LogP contribution is 2.32. The average Bonchev–Trinajstić information content (AvgIpc) is 2.83. The molecule has 11 N–H and O–H groups in total. The van der Waals surface area contributed by atoms with Crippen LogP contribution in [0.2, 0.25) is 0 Å². The minimum atomic E-state index is -1.93. The van der Waals surface area contributed by atoms with E-state index in [2.05, 4.69) is 0 Å². The fraction of sp³-hybridized carbons (Fsp3) is 1.00. The fourth-order valence-corrected chi connectivity index (χ4v) is 4.05. The third-order valence-corrected chi connectivity index (χ3v) is 6.09. The van der Waals surface area contributed by atoms with E-state index in [0.717, 1.165) is 0 Å². The van der Waals surface area contributed by atoms with Crippen LogP contribution >= 0.6 is 0 Å². The molecule has 3 aliphatic heterocycles. The van der Waals surface area contributed by atoms with Gasteiger partial charge in [0.15, 0.2) is 18.9 Å². The summed E-state index contributed by atoms with van der Waals surface area (Å²) in [6, 6.07) is 0. The van der Waals surface area contributed by atoms with Crippen molar-refractivity contribution >= 4 is 0 Å². The molecule has 16 nitrogen and oxygen atoms in total. The van der Waals surface area contributed by atoms with Gasteiger partial charge in [-0.1, -0.05) is 0 Å². The lowest BCUT2D eigenvalue weighted by Crippen LogP contribution is -2.66. The molecule has 0 aliphatic carbocycles. The largest absolute Gasteiger partial charge is 0.394 e. The standard InChI is InChI=1S/C18H32O16/c19-1-4-7(22)9(24)11(26)17(31-4)33-14-6(3-21)32-18(12(27)10(14)25)34-15-8(23)5(2-20)30-16(29)13(15)28/h4-29H,1-3H2/t4-,5-,6-,7+,8+,9+,10-,11-,12-,13-,14+,15+,16-,17+,18-/m1/s1. The molecular weight excluding hydrogens is 472 g/mol. The van der Waals surface area contributed by atoms with Crippen LogP contribution in [0.15, 0.2) is 0 Å². The van der Waals surface area contributed by atoms with Crippen LogP contribution in [-0.2, 0) is 23.7 Å². The number of rotatable bonds is 7. The molecule has 16 heteroatoms. The zero-order valence-corrected chi connectivity index (χ0v) is 17.7. The van der Waals surface area contributed by atoms with E-state index in [4.69, 9.17) is 23.7 Å². The molecule has 0 bridgehead atoms. The molecule has 0 saturated carbocycles. The minimum absolute atomic E-state index is 0.740. The summed E-state index contributed by atoms with van der Waals surface area (Å²) in [7, 11) is 0. The van der Waals surface area contributed by atoms with E-state index in [-0.39, 0.29) is 0 Å². The Hall–Kier alpha value is -0.640. The van der Waals surface area contributed by atoms with Crippen LogP contribution in [0.3, 0.4) is 0 Å². The fourth-order valence-electron chi connectivity index (χ4n) is 4.05. The van der Waals surface area contributed by atoms with Crippen molar-refractivity contribution in [2.45, 2.75) is 92.1 Å². The van der Waals surface area contributed by atoms with Gasteiger partial charge in [0, 0.05) is 0 Å². The molecule has 0 aromatic rings. The van der Waals surface area contributed by atoms with Crippen LogP contribution in [-0.4, -0.2) is 168 Å². The molecule has 0 aromatic heterocycles. The van der Waals surface area contributed by atoms with Gasteiger partial charge in [-0.3, -0.25) is 0 Å². The number of ether oxygens (including phenoxy) is 5. The van der Waals surface area contributed by atoms with Gasteiger partial charge in [-0.25, -0.2) is 0 Å². The average molecular weight is 504 g/mol. The van der Waals surface area contributed by atoms with Gasteiger partial charge < -0.3 is 79.9 Å². The van der Waals surface area contributed by atoms with Crippen molar-refractivity contribution in [2.75, 3.05) is 19.8 Å². The summed E-state index contributed by atoms with van der Waals surface area (Å²) in [6.07, 6.45) is -25.3. The summed E-state index contributed by atoms with van der Waals surface area (Å²) in [5.74, 6) is 0. The highest BCUT2D eigenvalue weighted by Gasteiger charge is 2.53. The summed E-state index contributed by atoms with van der Waals surface area (Å²) in [5.41, 5.74) is 0. The van der Waals surface area contributed by atoms with Gasteiger partial charge in [0.2, 0.25) is 0 Å². The Balaban J connectivity index is 1.72. The molecule has 0 radical (unpaired) electrons. The van der Waals surface area contributed by atoms with Crippen molar-refractivity contribution in [3.8, 4) is 0 Å². The first-order valence-electron chi connectivity index (χ1n) is 10.6. The topological polar surface area (TPSA) is 269 Å². The quantitative estimate of drug-likeness (QED) is 0.154. The SMILES string of the molecule is OC[C@H]1O[C@@H](O[C@@H]2[C@H](O)[C@@H](O)[C@@H](O[C@@H]3[C@@H](O)[C@H](O)O[C@H](CO)[C@@H]3O)O[C@@H]2CO)[C@H](O)[C@@H](O)[C@H]1O. The van der Waals surface area contributed by atoms with Crippen molar-refractivity contribution in [3.05, 3.63) is 0 Å². The van der Waals surface area contributed by atoms with Crippen LogP contribution in [0, 0.1) is 0 Å². The zero-order chi connectivity index (χ0) is 25.3. The van der Waals surface area contributed by atoms with E-state index in [0.29, 0.717) is 0 Å². The molecule has 0 spiro atoms. The Kier molecular flexibility index (Phi) is 9.54. The summed E-state index contributed by atoms with van der Waals surface area (Å²) >= 11 is 0. The first-order valence-corrected chi connectivity index (χ1v) is 10.6. The van der Waals surface area contributed by atoms with Crippen molar-refractivity contribution in [3.63, 3.8) is 0 Å². The van der Waals surface area contributed by atoms with Crippen molar-refractivity contribution < 1.29 is 79.9 Å². The molecule has 34 heavy (non-hydrogen) atoms. The molecule has 200 valence electrons. The van der Waals surface area contributed by atoms with Crippen LogP contribution in [0.5, 0.6) is 0 Å². The molecule has 0 amide bonds. The van der Waals surface area contributed by atoms with Crippen LogP contribution in [0.1, 0.15) is 0 Å². The van der Waals surface area contributed by atoms with Gasteiger partial charge in [-0.05, 0) is 0 Å². The Morgan fingerprint density at radius 2 is 0.912 bits per heavy atom. The maximum atomic E-state index is 10.6. The lowest BCUT2D eigenvalue weighted by molar-refractivity contribution is -0.378. The maximum Gasteiger partial charge on any atom is 0.187 e. The number of aliphatic hydroxyl groups excluding tert-OH is 11. The molecule has 0 unspecified atom stereocenters. The molecule has 3 heterocycles. The van der Waals surface area contributed by atoms with E-state index in [1.807, 2.05) is 0 Å². The van der Waals surface area contributed by atoms with E-state index in [1.165, 1.54) is 0 Å². The van der Waals surface area contributed by atoms with E-state index in [1.54, 1.807) is 0 Å².